The van der Waals surface area contributed by atoms with Crippen molar-refractivity contribution in [2.24, 2.45) is 0 Å². The summed E-state index contributed by atoms with van der Waals surface area (Å²) in [4.78, 5) is 16.4. The Morgan fingerprint density at radius 2 is 2.05 bits per heavy atom. The van der Waals surface area contributed by atoms with Crippen LogP contribution in [0.3, 0.4) is 0 Å². The highest BCUT2D eigenvalue weighted by atomic mass is 19.1. The molecule has 0 bridgehead atoms. The molecule has 0 saturated carbocycles. The zero-order chi connectivity index (χ0) is 14.0. The van der Waals surface area contributed by atoms with E-state index in [1.54, 1.807) is 13.1 Å². The number of nitrogens with zero attached hydrogens (tertiary/aromatic N) is 2. The predicted molar refractivity (Wildman–Crippen MR) is 63.6 cm³/mol. The lowest BCUT2D eigenvalue weighted by Gasteiger charge is -2.14. The van der Waals surface area contributed by atoms with Gasteiger partial charge in [-0.1, -0.05) is 0 Å². The fraction of sp³-hybridized carbons (Fsp3) is 0.182. The molecule has 6 nitrogen and oxygen atoms in total. The lowest BCUT2D eigenvalue weighted by atomic mass is 10.2. The molecular formula is C11H10F2N4O2. The van der Waals surface area contributed by atoms with E-state index in [-0.39, 0.29) is 0 Å². The summed E-state index contributed by atoms with van der Waals surface area (Å²) in [6.07, 6.45) is 3.09. The largest absolute Gasteiger partial charge is 0.371 e. The number of rotatable bonds is 4. The van der Waals surface area contributed by atoms with Gasteiger partial charge in [0.25, 0.3) is 5.69 Å². The second kappa shape index (κ2) is 5.01. The number of nitrogens with one attached hydrogen (secondary N) is 2. The molecule has 1 aromatic carbocycles. The molecule has 19 heavy (non-hydrogen) atoms. The highest BCUT2D eigenvalue weighted by Gasteiger charge is 2.19. The van der Waals surface area contributed by atoms with Crippen molar-refractivity contribution in [3.05, 3.63) is 52.1 Å². The van der Waals surface area contributed by atoms with Crippen LogP contribution in [-0.4, -0.2) is 14.9 Å². The number of aromatic amines is 1. The third-order valence-corrected chi connectivity index (χ3v) is 2.53. The highest BCUT2D eigenvalue weighted by molar-refractivity contribution is 5.52. The molecule has 100 valence electrons. The van der Waals surface area contributed by atoms with Gasteiger partial charge in [0.15, 0.2) is 11.6 Å². The normalized spacial score (nSPS) is 12.2. The Hall–Kier alpha value is -2.51. The maximum atomic E-state index is 13.6. The van der Waals surface area contributed by atoms with Crippen LogP contribution in [0.2, 0.25) is 0 Å². The summed E-state index contributed by atoms with van der Waals surface area (Å²) >= 11 is 0. The summed E-state index contributed by atoms with van der Waals surface area (Å²) in [6.45, 7) is 1.65. The van der Waals surface area contributed by atoms with Crippen LogP contribution in [0.4, 0.5) is 20.2 Å². The molecule has 2 rings (SSSR count). The summed E-state index contributed by atoms with van der Waals surface area (Å²) < 4.78 is 27.3. The third-order valence-electron chi connectivity index (χ3n) is 2.53. The van der Waals surface area contributed by atoms with E-state index in [9.17, 15) is 18.9 Å². The van der Waals surface area contributed by atoms with Gasteiger partial charge in [0.1, 0.15) is 11.5 Å². The van der Waals surface area contributed by atoms with Gasteiger partial charge in [-0.05, 0) is 6.92 Å². The zero-order valence-electron chi connectivity index (χ0n) is 9.85. The standard InChI is InChI=1S/C11H10F2N4O2/c1-6(11-14-2-3-15-11)16-10-8(12)4-7(17(18)19)5-9(10)13/h2-6,16H,1H3,(H,14,15). The molecule has 1 atom stereocenters. The van der Waals surface area contributed by atoms with Crippen LogP contribution >= 0.6 is 0 Å². The molecule has 0 aliphatic heterocycles. The Labute approximate surface area is 106 Å². The Bertz CT molecular complexity index is 578. The van der Waals surface area contributed by atoms with Crippen LogP contribution in [0.25, 0.3) is 0 Å². The van der Waals surface area contributed by atoms with Crippen LogP contribution in [-0.2, 0) is 0 Å². The Kier molecular flexibility index (Phi) is 3.41. The van der Waals surface area contributed by atoms with Gasteiger partial charge in [-0.15, -0.1) is 0 Å². The van der Waals surface area contributed by atoms with E-state index in [1.807, 2.05) is 0 Å². The molecule has 0 aliphatic rings. The second-order valence-electron chi connectivity index (χ2n) is 3.88. The second-order valence-corrected chi connectivity index (χ2v) is 3.88. The number of aromatic nitrogens is 2. The van der Waals surface area contributed by atoms with Crippen molar-refractivity contribution in [3.63, 3.8) is 0 Å². The molecule has 1 aromatic heterocycles. The zero-order valence-corrected chi connectivity index (χ0v) is 9.85. The number of anilines is 1. The Morgan fingerprint density at radius 1 is 1.42 bits per heavy atom. The summed E-state index contributed by atoms with van der Waals surface area (Å²) in [7, 11) is 0. The average Bonchev–Trinajstić information content (AvgIpc) is 2.86. The molecule has 8 heteroatoms. The average molecular weight is 268 g/mol. The maximum Gasteiger partial charge on any atom is 0.275 e. The fourth-order valence-corrected chi connectivity index (χ4v) is 1.60. The van der Waals surface area contributed by atoms with E-state index >= 15 is 0 Å². The van der Waals surface area contributed by atoms with Crippen molar-refractivity contribution in [2.75, 3.05) is 5.32 Å². The van der Waals surface area contributed by atoms with Crippen molar-refractivity contribution >= 4 is 11.4 Å². The van der Waals surface area contributed by atoms with Crippen molar-refractivity contribution in [2.45, 2.75) is 13.0 Å². The van der Waals surface area contributed by atoms with Gasteiger partial charge in [0.05, 0.1) is 23.1 Å². The molecule has 0 amide bonds. The summed E-state index contributed by atoms with van der Waals surface area (Å²) in [6, 6.07) is 0.862. The van der Waals surface area contributed by atoms with Gasteiger partial charge >= 0.3 is 0 Å². The summed E-state index contributed by atoms with van der Waals surface area (Å²) in [5, 5.41) is 13.0. The number of H-pyrrole nitrogens is 1. The molecule has 1 heterocycles. The van der Waals surface area contributed by atoms with Crippen LogP contribution in [0.1, 0.15) is 18.8 Å². The monoisotopic (exact) mass is 268 g/mol. The number of non-ortho nitro benzene ring substituents is 1. The summed E-state index contributed by atoms with van der Waals surface area (Å²) in [5.41, 5.74) is -1.05. The molecule has 0 saturated heterocycles. The SMILES string of the molecule is CC(Nc1c(F)cc([N+](=O)[O-])cc1F)c1ncc[nH]1. The molecule has 0 radical (unpaired) electrons. The smallest absolute Gasteiger partial charge is 0.275 e. The fourth-order valence-electron chi connectivity index (χ4n) is 1.60. The molecule has 2 N–H and O–H groups in total. The van der Waals surface area contributed by atoms with Crippen molar-refractivity contribution in [1.82, 2.24) is 9.97 Å². The first-order valence-corrected chi connectivity index (χ1v) is 5.38. The minimum Gasteiger partial charge on any atom is -0.371 e. The van der Waals surface area contributed by atoms with E-state index in [4.69, 9.17) is 0 Å². The van der Waals surface area contributed by atoms with Gasteiger partial charge in [0.2, 0.25) is 0 Å². The molecule has 2 aromatic rings. The van der Waals surface area contributed by atoms with Crippen molar-refractivity contribution in [1.29, 1.82) is 0 Å². The van der Waals surface area contributed by atoms with Crippen molar-refractivity contribution < 1.29 is 13.7 Å². The van der Waals surface area contributed by atoms with Crippen LogP contribution < -0.4 is 5.32 Å². The Balaban J connectivity index is 2.28. The van der Waals surface area contributed by atoms with Crippen LogP contribution in [0.5, 0.6) is 0 Å². The lowest BCUT2D eigenvalue weighted by Crippen LogP contribution is -2.11. The molecule has 0 aliphatic carbocycles. The quantitative estimate of drug-likeness (QED) is 0.659. The molecule has 0 spiro atoms. The number of hydrogen-bond donors (Lipinski definition) is 2. The summed E-state index contributed by atoms with van der Waals surface area (Å²) in [5.74, 6) is -1.55. The molecule has 0 fully saturated rings. The third kappa shape index (κ3) is 2.67. The minimum atomic E-state index is -1.02. The van der Waals surface area contributed by atoms with E-state index in [1.165, 1.54) is 6.20 Å². The van der Waals surface area contributed by atoms with Gasteiger partial charge in [0, 0.05) is 12.4 Å². The van der Waals surface area contributed by atoms with Gasteiger partial charge in [-0.25, -0.2) is 13.8 Å². The number of nitro groups is 1. The van der Waals surface area contributed by atoms with Crippen molar-refractivity contribution in [3.8, 4) is 0 Å². The first-order chi connectivity index (χ1) is 8.99. The Morgan fingerprint density at radius 3 is 2.53 bits per heavy atom. The maximum absolute atomic E-state index is 13.6. The first-order valence-electron chi connectivity index (χ1n) is 5.38. The van der Waals surface area contributed by atoms with E-state index in [0.29, 0.717) is 18.0 Å². The highest BCUT2D eigenvalue weighted by Crippen LogP contribution is 2.27. The number of hydrogen-bond acceptors (Lipinski definition) is 4. The minimum absolute atomic E-state index is 0.422. The van der Waals surface area contributed by atoms with Gasteiger partial charge < -0.3 is 10.3 Å². The molecular weight excluding hydrogens is 258 g/mol. The first kappa shape index (κ1) is 12.9. The molecule has 1 unspecified atom stereocenters. The van der Waals surface area contributed by atoms with Gasteiger partial charge in [-0.2, -0.15) is 0 Å². The van der Waals surface area contributed by atoms with Crippen LogP contribution in [0, 0.1) is 21.7 Å². The number of halogens is 2. The number of imidazole rings is 1. The predicted octanol–water partition coefficient (Wildman–Crippen LogP) is 2.77. The van der Waals surface area contributed by atoms with E-state index in [2.05, 4.69) is 15.3 Å². The van der Waals surface area contributed by atoms with Gasteiger partial charge in [-0.3, -0.25) is 10.1 Å². The number of benzene rings is 1. The van der Waals surface area contributed by atoms with Crippen LogP contribution in [0.15, 0.2) is 24.5 Å². The van der Waals surface area contributed by atoms with E-state index < -0.39 is 34.0 Å². The topological polar surface area (TPSA) is 83.8 Å². The number of nitro benzene ring substituents is 1. The van der Waals surface area contributed by atoms with E-state index in [0.717, 1.165) is 0 Å². The lowest BCUT2D eigenvalue weighted by molar-refractivity contribution is -0.385.